The van der Waals surface area contributed by atoms with Crippen molar-refractivity contribution in [2.45, 2.75) is 32.8 Å². The highest BCUT2D eigenvalue weighted by molar-refractivity contribution is 7.89. The van der Waals surface area contributed by atoms with E-state index in [2.05, 4.69) is 4.72 Å². The SMILES string of the molecule is CC(C)C(=O)CNS(=O)(=O)CC1CCCO1. The lowest BCUT2D eigenvalue weighted by atomic mass is 10.1. The van der Waals surface area contributed by atoms with Gasteiger partial charge in [0, 0.05) is 12.5 Å². The summed E-state index contributed by atoms with van der Waals surface area (Å²) >= 11 is 0. The first-order chi connectivity index (χ1) is 7.41. The summed E-state index contributed by atoms with van der Waals surface area (Å²) in [5, 5.41) is 0. The van der Waals surface area contributed by atoms with Crippen LogP contribution >= 0.6 is 0 Å². The van der Waals surface area contributed by atoms with Crippen LogP contribution in [0.3, 0.4) is 0 Å². The summed E-state index contributed by atoms with van der Waals surface area (Å²) in [6.45, 7) is 4.01. The zero-order valence-corrected chi connectivity index (χ0v) is 10.5. The summed E-state index contributed by atoms with van der Waals surface area (Å²) in [7, 11) is -3.39. The Hall–Kier alpha value is -0.460. The first kappa shape index (κ1) is 13.6. The molecule has 0 saturated carbocycles. The molecule has 1 aliphatic heterocycles. The zero-order valence-electron chi connectivity index (χ0n) is 9.73. The predicted octanol–water partition coefficient (Wildman–Crippen LogP) is 0.310. The summed E-state index contributed by atoms with van der Waals surface area (Å²) in [6, 6.07) is 0. The van der Waals surface area contributed by atoms with Crippen molar-refractivity contribution in [3.63, 3.8) is 0 Å². The van der Waals surface area contributed by atoms with Crippen LogP contribution in [0.1, 0.15) is 26.7 Å². The van der Waals surface area contributed by atoms with Gasteiger partial charge in [-0.1, -0.05) is 13.8 Å². The second kappa shape index (κ2) is 5.75. The number of carbonyl (C=O) groups excluding carboxylic acids is 1. The molecule has 1 fully saturated rings. The van der Waals surface area contributed by atoms with E-state index >= 15 is 0 Å². The van der Waals surface area contributed by atoms with Gasteiger partial charge in [-0.25, -0.2) is 13.1 Å². The number of ether oxygens (including phenoxy) is 1. The maximum absolute atomic E-state index is 11.6. The summed E-state index contributed by atoms with van der Waals surface area (Å²) in [4.78, 5) is 11.3. The third-order valence-corrected chi connectivity index (χ3v) is 3.93. The Morgan fingerprint density at radius 2 is 2.19 bits per heavy atom. The normalized spacial score (nSPS) is 21.6. The minimum atomic E-state index is -3.39. The third-order valence-electron chi connectivity index (χ3n) is 2.54. The molecule has 1 saturated heterocycles. The summed E-state index contributed by atoms with van der Waals surface area (Å²) in [5.41, 5.74) is 0. The van der Waals surface area contributed by atoms with Crippen LogP contribution in [0.2, 0.25) is 0 Å². The first-order valence-electron chi connectivity index (χ1n) is 5.52. The molecule has 6 heteroatoms. The topological polar surface area (TPSA) is 72.5 Å². The van der Waals surface area contributed by atoms with Gasteiger partial charge in [0.1, 0.15) is 5.78 Å². The number of hydrogen-bond acceptors (Lipinski definition) is 4. The van der Waals surface area contributed by atoms with E-state index in [1.807, 2.05) is 0 Å². The lowest BCUT2D eigenvalue weighted by Crippen LogP contribution is -2.36. The number of carbonyl (C=O) groups is 1. The maximum atomic E-state index is 11.6. The van der Waals surface area contributed by atoms with Crippen molar-refractivity contribution < 1.29 is 17.9 Å². The van der Waals surface area contributed by atoms with E-state index in [0.717, 1.165) is 12.8 Å². The van der Waals surface area contributed by atoms with Crippen LogP contribution in [0.5, 0.6) is 0 Å². The third kappa shape index (κ3) is 4.59. The highest BCUT2D eigenvalue weighted by atomic mass is 32.2. The molecule has 0 aliphatic carbocycles. The number of ketones is 1. The standard InChI is InChI=1S/C10H19NO4S/c1-8(2)10(12)6-11-16(13,14)7-9-4-3-5-15-9/h8-9,11H,3-7H2,1-2H3. The Balaban J connectivity index is 2.36. The Morgan fingerprint density at radius 3 is 2.69 bits per heavy atom. The van der Waals surface area contributed by atoms with E-state index in [1.54, 1.807) is 13.8 Å². The minimum absolute atomic E-state index is 0.0433. The van der Waals surface area contributed by atoms with Crippen molar-refractivity contribution in [2.24, 2.45) is 5.92 Å². The van der Waals surface area contributed by atoms with Gasteiger partial charge >= 0.3 is 0 Å². The molecule has 1 unspecified atom stereocenters. The van der Waals surface area contributed by atoms with Crippen molar-refractivity contribution in [1.29, 1.82) is 0 Å². The number of rotatable bonds is 6. The molecule has 16 heavy (non-hydrogen) atoms. The average molecular weight is 249 g/mol. The van der Waals surface area contributed by atoms with Crippen LogP contribution in [0.4, 0.5) is 0 Å². The molecule has 94 valence electrons. The molecule has 1 N–H and O–H groups in total. The molecule has 0 amide bonds. The van der Waals surface area contributed by atoms with Crippen LogP contribution < -0.4 is 4.72 Å². The molecule has 1 rings (SSSR count). The summed E-state index contributed by atoms with van der Waals surface area (Å²) in [5.74, 6) is -0.292. The van der Waals surface area contributed by atoms with Crippen molar-refractivity contribution in [3.05, 3.63) is 0 Å². The van der Waals surface area contributed by atoms with E-state index in [-0.39, 0.29) is 30.1 Å². The van der Waals surface area contributed by atoms with E-state index in [0.29, 0.717) is 6.61 Å². The number of hydrogen-bond donors (Lipinski definition) is 1. The van der Waals surface area contributed by atoms with E-state index < -0.39 is 10.0 Å². The number of nitrogens with one attached hydrogen (secondary N) is 1. The Morgan fingerprint density at radius 1 is 1.50 bits per heavy atom. The fourth-order valence-corrected chi connectivity index (χ4v) is 2.70. The first-order valence-corrected chi connectivity index (χ1v) is 7.17. The fourth-order valence-electron chi connectivity index (χ4n) is 1.46. The van der Waals surface area contributed by atoms with Gasteiger partial charge in [0.05, 0.1) is 18.4 Å². The van der Waals surface area contributed by atoms with Gasteiger partial charge in [-0.3, -0.25) is 4.79 Å². The molecule has 1 heterocycles. The zero-order chi connectivity index (χ0) is 12.2. The Bertz CT molecular complexity index is 331. The van der Waals surface area contributed by atoms with Gasteiger partial charge in [-0.05, 0) is 12.8 Å². The van der Waals surface area contributed by atoms with Crippen LogP contribution in [-0.4, -0.2) is 39.2 Å². The van der Waals surface area contributed by atoms with Gasteiger partial charge in [0.2, 0.25) is 10.0 Å². The molecule has 0 aromatic carbocycles. The fraction of sp³-hybridized carbons (Fsp3) is 0.900. The molecule has 1 atom stereocenters. The summed E-state index contributed by atoms with van der Waals surface area (Å²) < 4.78 is 30.7. The second-order valence-corrected chi connectivity index (χ2v) is 6.21. The molecular weight excluding hydrogens is 230 g/mol. The molecule has 0 radical (unpaired) electrons. The average Bonchev–Trinajstić information content (AvgIpc) is 2.65. The molecule has 0 aromatic heterocycles. The molecular formula is C10H19NO4S. The molecule has 0 aromatic rings. The van der Waals surface area contributed by atoms with Crippen LogP contribution in [0.25, 0.3) is 0 Å². The largest absolute Gasteiger partial charge is 0.377 e. The van der Waals surface area contributed by atoms with Crippen molar-refractivity contribution >= 4 is 15.8 Å². The van der Waals surface area contributed by atoms with Crippen molar-refractivity contribution in [2.75, 3.05) is 18.9 Å². The Kier molecular flexibility index (Phi) is 4.89. The van der Waals surface area contributed by atoms with Crippen molar-refractivity contribution in [1.82, 2.24) is 4.72 Å². The smallest absolute Gasteiger partial charge is 0.214 e. The van der Waals surface area contributed by atoms with E-state index in [1.165, 1.54) is 0 Å². The quantitative estimate of drug-likeness (QED) is 0.735. The maximum Gasteiger partial charge on any atom is 0.214 e. The van der Waals surface area contributed by atoms with E-state index in [9.17, 15) is 13.2 Å². The van der Waals surface area contributed by atoms with Crippen LogP contribution in [-0.2, 0) is 19.6 Å². The van der Waals surface area contributed by atoms with Gasteiger partial charge in [0.15, 0.2) is 0 Å². The summed E-state index contributed by atoms with van der Waals surface area (Å²) in [6.07, 6.45) is 1.47. The monoisotopic (exact) mass is 249 g/mol. The Labute approximate surface area is 96.6 Å². The highest BCUT2D eigenvalue weighted by Crippen LogP contribution is 2.13. The van der Waals surface area contributed by atoms with E-state index in [4.69, 9.17) is 4.74 Å². The highest BCUT2D eigenvalue weighted by Gasteiger charge is 2.23. The van der Waals surface area contributed by atoms with Gasteiger partial charge in [-0.15, -0.1) is 0 Å². The molecule has 0 bridgehead atoms. The van der Waals surface area contributed by atoms with Gasteiger partial charge in [0.25, 0.3) is 0 Å². The van der Waals surface area contributed by atoms with Crippen LogP contribution in [0.15, 0.2) is 0 Å². The molecule has 5 nitrogen and oxygen atoms in total. The van der Waals surface area contributed by atoms with Gasteiger partial charge in [-0.2, -0.15) is 0 Å². The second-order valence-electron chi connectivity index (χ2n) is 4.36. The minimum Gasteiger partial charge on any atom is -0.377 e. The number of sulfonamides is 1. The number of Topliss-reactive ketones (excluding diaryl/α,β-unsaturated/α-hetero) is 1. The van der Waals surface area contributed by atoms with Gasteiger partial charge < -0.3 is 4.74 Å². The molecule has 1 aliphatic rings. The lowest BCUT2D eigenvalue weighted by Gasteiger charge is -2.11. The van der Waals surface area contributed by atoms with Crippen LogP contribution in [0, 0.1) is 5.92 Å². The lowest BCUT2D eigenvalue weighted by molar-refractivity contribution is -0.120. The molecule has 0 spiro atoms. The predicted molar refractivity (Wildman–Crippen MR) is 60.6 cm³/mol. The van der Waals surface area contributed by atoms with Crippen molar-refractivity contribution in [3.8, 4) is 0 Å².